The van der Waals surface area contributed by atoms with Crippen molar-refractivity contribution >= 4 is 27.0 Å². The van der Waals surface area contributed by atoms with Gasteiger partial charge < -0.3 is 9.88 Å². The Morgan fingerprint density at radius 1 is 1.21 bits per heavy atom. The fraction of sp³-hybridized carbons (Fsp3) is 0.350. The maximum Gasteiger partial charge on any atom is 0.242 e. The molecular weight excluding hydrogens is 390 g/mol. The lowest BCUT2D eigenvalue weighted by Gasteiger charge is -2.11. The van der Waals surface area contributed by atoms with E-state index in [2.05, 4.69) is 15.3 Å². The van der Waals surface area contributed by atoms with E-state index in [0.717, 1.165) is 17.0 Å². The lowest BCUT2D eigenvalue weighted by molar-refractivity contribution is -0.121. The van der Waals surface area contributed by atoms with Crippen molar-refractivity contribution in [2.45, 2.75) is 37.8 Å². The van der Waals surface area contributed by atoms with Gasteiger partial charge in [-0.2, -0.15) is 0 Å². The van der Waals surface area contributed by atoms with Gasteiger partial charge in [-0.05, 0) is 37.3 Å². The summed E-state index contributed by atoms with van der Waals surface area (Å²) < 4.78 is 27.9. The highest BCUT2D eigenvalue weighted by Crippen LogP contribution is 2.22. The molecule has 8 nitrogen and oxygen atoms in total. The largest absolute Gasteiger partial charge is 0.350 e. The number of rotatable bonds is 8. The van der Waals surface area contributed by atoms with Crippen LogP contribution < -0.4 is 5.32 Å². The molecule has 0 spiro atoms. The zero-order valence-corrected chi connectivity index (χ0v) is 17.6. The normalized spacial score (nSPS) is 11.9. The second-order valence-electron chi connectivity index (χ2n) is 6.81. The summed E-state index contributed by atoms with van der Waals surface area (Å²) in [4.78, 5) is 21.2. The van der Waals surface area contributed by atoms with E-state index in [1.54, 1.807) is 24.4 Å². The fourth-order valence-corrected chi connectivity index (χ4v) is 4.00. The Hall–Kier alpha value is -2.78. The number of fused-ring (bicyclic) bond motifs is 1. The van der Waals surface area contributed by atoms with Crippen LogP contribution in [0.5, 0.6) is 0 Å². The first-order valence-corrected chi connectivity index (χ1v) is 10.8. The molecule has 29 heavy (non-hydrogen) atoms. The van der Waals surface area contributed by atoms with Gasteiger partial charge in [0.25, 0.3) is 0 Å². The van der Waals surface area contributed by atoms with E-state index in [-0.39, 0.29) is 10.8 Å². The molecule has 0 radical (unpaired) electrons. The van der Waals surface area contributed by atoms with E-state index < -0.39 is 10.0 Å². The Labute approximate surface area is 170 Å². The number of nitrogens with zero attached hydrogens (tertiary/aromatic N) is 4. The molecule has 154 valence electrons. The molecule has 0 aliphatic rings. The Kier molecular flexibility index (Phi) is 6.29. The average Bonchev–Trinajstić information content (AvgIpc) is 3.08. The van der Waals surface area contributed by atoms with Crippen LogP contribution in [-0.2, 0) is 34.3 Å². The monoisotopic (exact) mass is 415 g/mol. The van der Waals surface area contributed by atoms with Crippen molar-refractivity contribution in [3.05, 3.63) is 54.1 Å². The molecule has 3 aromatic rings. The van der Waals surface area contributed by atoms with E-state index in [0.29, 0.717) is 31.4 Å². The summed E-state index contributed by atoms with van der Waals surface area (Å²) in [5, 5.41) is 2.86. The van der Waals surface area contributed by atoms with Crippen molar-refractivity contribution in [3.8, 4) is 0 Å². The minimum absolute atomic E-state index is 0.0822. The SMILES string of the molecule is CCn1c(CCC(=O)NCc2ccccn2)nc2cc(S(=O)(=O)N(C)C)ccc21. The first-order chi connectivity index (χ1) is 13.8. The first-order valence-electron chi connectivity index (χ1n) is 9.41. The van der Waals surface area contributed by atoms with Crippen molar-refractivity contribution in [1.82, 2.24) is 24.2 Å². The van der Waals surface area contributed by atoms with Crippen LogP contribution >= 0.6 is 0 Å². The highest BCUT2D eigenvalue weighted by atomic mass is 32.2. The van der Waals surface area contributed by atoms with Crippen LogP contribution in [0, 0.1) is 0 Å². The molecule has 1 amide bonds. The van der Waals surface area contributed by atoms with Crippen molar-refractivity contribution in [2.75, 3.05) is 14.1 Å². The maximum absolute atomic E-state index is 12.4. The quantitative estimate of drug-likeness (QED) is 0.606. The minimum atomic E-state index is -3.52. The molecule has 0 saturated carbocycles. The van der Waals surface area contributed by atoms with Gasteiger partial charge in [0, 0.05) is 39.7 Å². The van der Waals surface area contributed by atoms with Crippen molar-refractivity contribution in [1.29, 1.82) is 0 Å². The fourth-order valence-electron chi connectivity index (χ4n) is 3.08. The van der Waals surface area contributed by atoms with Gasteiger partial charge >= 0.3 is 0 Å². The molecule has 3 rings (SSSR count). The average molecular weight is 416 g/mol. The first kappa shape index (κ1) is 20.9. The van der Waals surface area contributed by atoms with Crippen LogP contribution in [0.1, 0.15) is 24.9 Å². The number of aryl methyl sites for hydroxylation is 2. The molecule has 1 aromatic carbocycles. The summed E-state index contributed by atoms with van der Waals surface area (Å²) in [6.45, 7) is 3.06. The molecule has 0 saturated heterocycles. The zero-order valence-electron chi connectivity index (χ0n) is 16.8. The molecule has 0 bridgehead atoms. The van der Waals surface area contributed by atoms with Crippen LogP contribution in [0.4, 0.5) is 0 Å². The topological polar surface area (TPSA) is 97.2 Å². The van der Waals surface area contributed by atoms with Gasteiger partial charge in [-0.25, -0.2) is 17.7 Å². The number of nitrogens with one attached hydrogen (secondary N) is 1. The molecule has 0 aliphatic heterocycles. The molecule has 0 unspecified atom stereocenters. The number of hydrogen-bond acceptors (Lipinski definition) is 5. The van der Waals surface area contributed by atoms with E-state index in [9.17, 15) is 13.2 Å². The second kappa shape index (κ2) is 8.71. The summed E-state index contributed by atoms with van der Waals surface area (Å²) in [6, 6.07) is 10.5. The van der Waals surface area contributed by atoms with Crippen LogP contribution in [0.3, 0.4) is 0 Å². The summed E-state index contributed by atoms with van der Waals surface area (Å²) >= 11 is 0. The van der Waals surface area contributed by atoms with E-state index in [4.69, 9.17) is 0 Å². The Morgan fingerprint density at radius 3 is 2.66 bits per heavy atom. The summed E-state index contributed by atoms with van der Waals surface area (Å²) in [7, 11) is -0.526. The number of amides is 1. The number of sulfonamides is 1. The van der Waals surface area contributed by atoms with Gasteiger partial charge in [0.15, 0.2) is 0 Å². The Morgan fingerprint density at radius 2 is 2.00 bits per heavy atom. The molecule has 2 heterocycles. The number of carbonyl (C=O) groups is 1. The summed E-state index contributed by atoms with van der Waals surface area (Å²) in [5.74, 6) is 0.677. The number of benzene rings is 1. The summed E-state index contributed by atoms with van der Waals surface area (Å²) in [6.07, 6.45) is 2.45. The van der Waals surface area contributed by atoms with Crippen LogP contribution in [0.25, 0.3) is 11.0 Å². The molecule has 1 N–H and O–H groups in total. The third-order valence-electron chi connectivity index (χ3n) is 4.66. The third kappa shape index (κ3) is 4.63. The Balaban J connectivity index is 1.74. The number of imidazole rings is 1. The van der Waals surface area contributed by atoms with Gasteiger partial charge in [-0.3, -0.25) is 9.78 Å². The third-order valence-corrected chi connectivity index (χ3v) is 6.47. The number of pyridine rings is 1. The van der Waals surface area contributed by atoms with Crippen LogP contribution in [0.15, 0.2) is 47.5 Å². The molecule has 0 aliphatic carbocycles. The van der Waals surface area contributed by atoms with Crippen molar-refractivity contribution in [2.24, 2.45) is 0 Å². The van der Waals surface area contributed by atoms with Gasteiger partial charge in [-0.15, -0.1) is 0 Å². The van der Waals surface area contributed by atoms with Crippen LogP contribution in [-0.4, -0.2) is 47.3 Å². The lowest BCUT2D eigenvalue weighted by Crippen LogP contribution is -2.23. The standard InChI is InChI=1S/C20H25N5O3S/c1-4-25-18-9-8-16(29(27,28)24(2)3)13-17(18)23-19(25)10-11-20(26)22-14-15-7-5-6-12-21-15/h5-9,12-13H,4,10-11,14H2,1-3H3,(H,22,26). The predicted molar refractivity (Wildman–Crippen MR) is 111 cm³/mol. The van der Waals surface area contributed by atoms with Crippen LogP contribution in [0.2, 0.25) is 0 Å². The number of hydrogen-bond donors (Lipinski definition) is 1. The van der Waals surface area contributed by atoms with Gasteiger partial charge in [0.1, 0.15) is 5.82 Å². The van der Waals surface area contributed by atoms with E-state index >= 15 is 0 Å². The van der Waals surface area contributed by atoms with Gasteiger partial charge in [-0.1, -0.05) is 6.07 Å². The highest BCUT2D eigenvalue weighted by molar-refractivity contribution is 7.89. The summed E-state index contributed by atoms with van der Waals surface area (Å²) in [5.41, 5.74) is 2.27. The molecule has 9 heteroatoms. The second-order valence-corrected chi connectivity index (χ2v) is 8.96. The molecular formula is C20H25N5O3S. The van der Waals surface area contributed by atoms with E-state index in [1.807, 2.05) is 29.7 Å². The minimum Gasteiger partial charge on any atom is -0.350 e. The maximum atomic E-state index is 12.4. The zero-order chi connectivity index (χ0) is 21.0. The van der Waals surface area contributed by atoms with Gasteiger partial charge in [0.2, 0.25) is 15.9 Å². The van der Waals surface area contributed by atoms with Crippen molar-refractivity contribution < 1.29 is 13.2 Å². The molecule has 0 atom stereocenters. The lowest BCUT2D eigenvalue weighted by atomic mass is 10.2. The number of aromatic nitrogens is 3. The van der Waals surface area contributed by atoms with Gasteiger partial charge in [0.05, 0.1) is 28.2 Å². The molecule has 2 aromatic heterocycles. The predicted octanol–water partition coefficient (Wildman–Crippen LogP) is 1.95. The molecule has 0 fully saturated rings. The number of carbonyl (C=O) groups excluding carboxylic acids is 1. The smallest absolute Gasteiger partial charge is 0.242 e. The Bertz CT molecular complexity index is 1110. The van der Waals surface area contributed by atoms with Crippen molar-refractivity contribution in [3.63, 3.8) is 0 Å². The highest BCUT2D eigenvalue weighted by Gasteiger charge is 2.19. The van der Waals surface area contributed by atoms with E-state index in [1.165, 1.54) is 18.4 Å².